The van der Waals surface area contributed by atoms with Gasteiger partial charge < -0.3 is 14.6 Å². The predicted molar refractivity (Wildman–Crippen MR) is 195 cm³/mol. The van der Waals surface area contributed by atoms with Crippen LogP contribution >= 0.6 is 39.1 Å². The van der Waals surface area contributed by atoms with Crippen molar-refractivity contribution in [3.05, 3.63) is 91.9 Å². The van der Waals surface area contributed by atoms with Crippen molar-refractivity contribution >= 4 is 68.4 Å². The summed E-state index contributed by atoms with van der Waals surface area (Å²) in [5.41, 5.74) is 2.39. The first kappa shape index (κ1) is 35.3. The van der Waals surface area contributed by atoms with Gasteiger partial charge in [0, 0.05) is 26.5 Å². The van der Waals surface area contributed by atoms with Crippen LogP contribution in [0.2, 0.25) is 10.0 Å². The molecule has 2 heterocycles. The summed E-state index contributed by atoms with van der Waals surface area (Å²) in [5.74, 6) is -5.20. The average Bonchev–Trinajstić information content (AvgIpc) is 3.47. The molecule has 6 unspecified atom stereocenters. The van der Waals surface area contributed by atoms with Gasteiger partial charge in [-0.15, -0.1) is 0 Å². The molecule has 0 spiro atoms. The lowest BCUT2D eigenvalue weighted by atomic mass is 9.49. The third kappa shape index (κ3) is 5.25. The van der Waals surface area contributed by atoms with Gasteiger partial charge in [-0.3, -0.25) is 29.5 Å². The largest absolute Gasteiger partial charge is 0.504 e. The van der Waals surface area contributed by atoms with Crippen LogP contribution in [-0.2, 0) is 24.6 Å². The van der Waals surface area contributed by atoms with Crippen molar-refractivity contribution in [2.75, 3.05) is 19.6 Å². The summed E-state index contributed by atoms with van der Waals surface area (Å²) in [6.45, 7) is 5.47. The molecule has 2 aliphatic heterocycles. The van der Waals surface area contributed by atoms with E-state index >= 15 is 4.79 Å². The lowest BCUT2D eigenvalue weighted by Crippen LogP contribution is -2.53. The molecule has 3 fully saturated rings. The van der Waals surface area contributed by atoms with Gasteiger partial charge in [-0.2, -0.15) is 5.01 Å². The molecule has 51 heavy (non-hydrogen) atoms. The van der Waals surface area contributed by atoms with Crippen molar-refractivity contribution in [3.63, 3.8) is 0 Å². The molecule has 10 nitrogen and oxygen atoms in total. The van der Waals surface area contributed by atoms with Gasteiger partial charge >= 0.3 is 0 Å². The second kappa shape index (κ2) is 12.6. The molecule has 3 aromatic carbocycles. The summed E-state index contributed by atoms with van der Waals surface area (Å²) in [5, 5.41) is 13.4. The molecule has 2 saturated heterocycles. The van der Waals surface area contributed by atoms with E-state index in [1.165, 1.54) is 25.2 Å². The summed E-state index contributed by atoms with van der Waals surface area (Å²) in [6, 6.07) is 15.0. The van der Waals surface area contributed by atoms with Gasteiger partial charge in [-0.05, 0) is 87.6 Å². The minimum Gasteiger partial charge on any atom is -0.504 e. The zero-order valence-corrected chi connectivity index (χ0v) is 31.6. The van der Waals surface area contributed by atoms with Gasteiger partial charge in [-0.25, -0.2) is 0 Å². The van der Waals surface area contributed by atoms with Crippen LogP contribution in [0.25, 0.3) is 0 Å². The van der Waals surface area contributed by atoms with Gasteiger partial charge in [0.05, 0.1) is 48.1 Å². The van der Waals surface area contributed by atoms with Crippen LogP contribution in [0.3, 0.4) is 0 Å². The Hall–Kier alpha value is -4.06. The molecule has 0 aromatic heterocycles. The Balaban J connectivity index is 1.50. The number of phenols is 1. The maximum absolute atomic E-state index is 15.4. The van der Waals surface area contributed by atoms with E-state index in [1.807, 2.05) is 26.8 Å². The lowest BCUT2D eigenvalue weighted by molar-refractivity contribution is -0.146. The summed E-state index contributed by atoms with van der Waals surface area (Å²) in [7, 11) is 2.96. The lowest BCUT2D eigenvalue weighted by Gasteiger charge is -2.50. The van der Waals surface area contributed by atoms with Gasteiger partial charge in [0.15, 0.2) is 11.5 Å². The van der Waals surface area contributed by atoms with E-state index in [1.54, 1.807) is 48.5 Å². The number of methoxy groups -OCH3 is 2. The number of hydrogen-bond donors (Lipinski definition) is 2. The van der Waals surface area contributed by atoms with Crippen LogP contribution in [0, 0.1) is 23.7 Å². The Labute approximate surface area is 313 Å². The molecule has 266 valence electrons. The van der Waals surface area contributed by atoms with Crippen molar-refractivity contribution in [1.29, 1.82) is 0 Å². The second-order valence-corrected chi connectivity index (χ2v) is 16.2. The number of phenolic OH excluding ortho intramolecular Hbond substituents is 1. The highest BCUT2D eigenvalue weighted by molar-refractivity contribution is 9.10. The Bertz CT molecular complexity index is 2030. The first-order valence-corrected chi connectivity index (χ1v) is 18.1. The number of aromatic hydroxyl groups is 1. The molecule has 4 aliphatic rings. The smallest absolute Gasteiger partial charge is 0.260 e. The highest BCUT2D eigenvalue weighted by atomic mass is 79.9. The quantitative estimate of drug-likeness (QED) is 0.197. The molecular formula is C38H36BrCl2N3O7. The standard InChI is InChI=1S/C38H36BrCl2N3O7/c1-37(2,3)43-33(46)23-12-11-22-24(30(23)35(43)48)17-26-34(47)44(42-28-13-8-20(40)16-27(28)41)36(49)38(26,18-6-9-21(50-4)10-7-18)31(22)25-14-19(39)15-29(51-5)32(25)45/h6-11,13-16,23-24,26,30-31,42,45H,12,17H2,1-5H3. The molecule has 13 heteroatoms. The molecular weight excluding hydrogens is 761 g/mol. The third-order valence-corrected chi connectivity index (χ3v) is 11.9. The molecule has 3 aromatic rings. The fourth-order valence-electron chi connectivity index (χ4n) is 8.82. The van der Waals surface area contributed by atoms with Crippen molar-refractivity contribution in [2.45, 2.75) is 50.5 Å². The number of nitrogens with one attached hydrogen (secondary N) is 1. The van der Waals surface area contributed by atoms with E-state index in [0.717, 1.165) is 5.01 Å². The van der Waals surface area contributed by atoms with Crippen LogP contribution in [-0.4, -0.2) is 58.4 Å². The summed E-state index contributed by atoms with van der Waals surface area (Å²) < 4.78 is 11.6. The molecule has 7 rings (SSSR count). The van der Waals surface area contributed by atoms with Gasteiger partial charge in [0.1, 0.15) is 5.75 Å². The number of ether oxygens (including phenoxy) is 2. The SMILES string of the molecule is COc1ccc(C23C(=O)N(Nc4ccc(Cl)cc4Cl)C(=O)C2CC2C(=CCC4C(=O)N(C(C)(C)C)C(=O)C42)C3c2cc(Br)cc(OC)c2O)cc1. The number of nitrogens with zero attached hydrogens (tertiary/aromatic N) is 2. The van der Waals surface area contributed by atoms with Crippen molar-refractivity contribution in [1.82, 2.24) is 9.91 Å². The molecule has 6 atom stereocenters. The van der Waals surface area contributed by atoms with Gasteiger partial charge in [-0.1, -0.05) is 62.9 Å². The number of hydrogen-bond acceptors (Lipinski definition) is 8. The van der Waals surface area contributed by atoms with E-state index in [4.69, 9.17) is 32.7 Å². The van der Waals surface area contributed by atoms with E-state index in [-0.39, 0.29) is 46.9 Å². The number of carbonyl (C=O) groups is 4. The molecule has 0 radical (unpaired) electrons. The molecule has 2 N–H and O–H groups in total. The van der Waals surface area contributed by atoms with Crippen LogP contribution in [0.5, 0.6) is 17.2 Å². The molecule has 2 aliphatic carbocycles. The number of hydrazine groups is 1. The van der Waals surface area contributed by atoms with Crippen molar-refractivity contribution in [3.8, 4) is 17.2 Å². The predicted octanol–water partition coefficient (Wildman–Crippen LogP) is 7.26. The minimum atomic E-state index is -1.64. The number of fused-ring (bicyclic) bond motifs is 4. The minimum absolute atomic E-state index is 0.0928. The van der Waals surface area contributed by atoms with Crippen LogP contribution in [0.15, 0.2) is 70.7 Å². The van der Waals surface area contributed by atoms with E-state index in [2.05, 4.69) is 21.4 Å². The van der Waals surface area contributed by atoms with Crippen LogP contribution < -0.4 is 14.9 Å². The summed E-state index contributed by atoms with van der Waals surface area (Å²) >= 11 is 16.3. The first-order valence-electron chi connectivity index (χ1n) is 16.5. The van der Waals surface area contributed by atoms with Gasteiger partial charge in [0.2, 0.25) is 11.8 Å². The monoisotopic (exact) mass is 795 g/mol. The summed E-state index contributed by atoms with van der Waals surface area (Å²) in [6.07, 6.45) is 2.28. The third-order valence-electron chi connectivity index (χ3n) is 10.9. The number of benzene rings is 3. The van der Waals surface area contributed by atoms with Crippen LogP contribution in [0.4, 0.5) is 5.69 Å². The summed E-state index contributed by atoms with van der Waals surface area (Å²) in [4.78, 5) is 59.8. The number of allylic oxidation sites excluding steroid dienone is 2. The zero-order valence-electron chi connectivity index (χ0n) is 28.5. The number of amides is 4. The van der Waals surface area contributed by atoms with Crippen molar-refractivity contribution < 1.29 is 33.8 Å². The highest BCUT2D eigenvalue weighted by Gasteiger charge is 2.71. The zero-order chi connectivity index (χ0) is 36.7. The number of anilines is 1. The van der Waals surface area contributed by atoms with E-state index in [9.17, 15) is 19.5 Å². The average molecular weight is 798 g/mol. The number of imide groups is 2. The number of rotatable bonds is 6. The maximum Gasteiger partial charge on any atom is 0.260 e. The van der Waals surface area contributed by atoms with E-state index < -0.39 is 52.4 Å². The second-order valence-electron chi connectivity index (χ2n) is 14.4. The molecule has 4 amide bonds. The molecule has 0 bridgehead atoms. The Morgan fingerprint density at radius 1 is 0.922 bits per heavy atom. The number of likely N-dealkylation sites (tertiary alicyclic amines) is 1. The van der Waals surface area contributed by atoms with E-state index in [0.29, 0.717) is 31.9 Å². The normalized spacial score (nSPS) is 27.2. The topological polar surface area (TPSA) is 125 Å². The van der Waals surface area contributed by atoms with Crippen LogP contribution in [0.1, 0.15) is 50.7 Å². The van der Waals surface area contributed by atoms with Gasteiger partial charge in [0.25, 0.3) is 11.8 Å². The Morgan fingerprint density at radius 3 is 2.25 bits per heavy atom. The van der Waals surface area contributed by atoms with Crippen molar-refractivity contribution in [2.24, 2.45) is 23.7 Å². The number of halogens is 3. The number of carbonyl (C=O) groups excluding carboxylic acids is 4. The fraction of sp³-hybridized carbons (Fsp3) is 0.368. The fourth-order valence-corrected chi connectivity index (χ4v) is 9.72. The first-order chi connectivity index (χ1) is 24.1. The molecule has 1 saturated carbocycles. The highest BCUT2D eigenvalue weighted by Crippen LogP contribution is 2.65. The maximum atomic E-state index is 15.4. The Kier molecular flexibility index (Phi) is 8.71. The Morgan fingerprint density at radius 2 is 1.63 bits per heavy atom.